The van der Waals surface area contributed by atoms with Crippen LogP contribution in [0.15, 0.2) is 35.4 Å². The van der Waals surface area contributed by atoms with E-state index in [2.05, 4.69) is 135 Å². The summed E-state index contributed by atoms with van der Waals surface area (Å²) in [7, 11) is 0. The smallest absolute Gasteiger partial charge is 0.0216 e. The molecule has 0 aliphatic rings. The molecule has 0 aliphatic carbocycles. The van der Waals surface area contributed by atoms with Crippen LogP contribution in [0.5, 0.6) is 0 Å². The summed E-state index contributed by atoms with van der Waals surface area (Å²) in [5.74, 6) is 6.16. The Hall–Kier alpha value is -1.04. The molecule has 0 heteroatoms. The molecule has 230 valence electrons. The lowest BCUT2D eigenvalue weighted by Gasteiger charge is -2.22. The number of allylic oxidation sites excluding steroid dienone is 2. The predicted molar refractivity (Wildman–Crippen MR) is 185 cm³/mol. The average Bonchev–Trinajstić information content (AvgIpc) is 2.85. The fraction of sp³-hybridized carbons (Fsp3) is 0.789. The van der Waals surface area contributed by atoms with Crippen molar-refractivity contribution >= 4 is 0 Å². The number of benzene rings is 1. The second-order valence-corrected chi connectivity index (χ2v) is 12.3. The van der Waals surface area contributed by atoms with E-state index in [0.29, 0.717) is 23.7 Å². The fourth-order valence-corrected chi connectivity index (χ4v) is 3.60. The predicted octanol–water partition coefficient (Wildman–Crippen LogP) is 14.2. The van der Waals surface area contributed by atoms with Gasteiger partial charge in [0.05, 0.1) is 0 Å². The number of hydrogen-bond acceptors (Lipinski definition) is 0. The highest BCUT2D eigenvalue weighted by atomic mass is 14.2. The van der Waals surface area contributed by atoms with Crippen molar-refractivity contribution in [2.24, 2.45) is 35.5 Å². The normalized spacial score (nSPS) is 12.7. The summed E-state index contributed by atoms with van der Waals surface area (Å²) in [6.45, 7) is 44.5. The van der Waals surface area contributed by atoms with Crippen molar-refractivity contribution in [2.75, 3.05) is 0 Å². The first kappa shape index (κ1) is 46.8. The van der Waals surface area contributed by atoms with Crippen molar-refractivity contribution in [1.29, 1.82) is 0 Å². The SMILES string of the molecule is C.C/C(=C(\C)C(C)C)C(C)C.CC.CC.CC(C)C(C)CC(C)C(C)C.CC(C)c1ccccc1C(C)C. The minimum absolute atomic E-state index is 0. The molecule has 0 amide bonds. The molecule has 0 N–H and O–H groups in total. The van der Waals surface area contributed by atoms with Crippen LogP contribution in [0.4, 0.5) is 0 Å². The summed E-state index contributed by atoms with van der Waals surface area (Å²) in [5, 5.41) is 0. The Bertz CT molecular complexity index is 585. The lowest BCUT2D eigenvalue weighted by molar-refractivity contribution is 0.283. The summed E-state index contributed by atoms with van der Waals surface area (Å²) >= 11 is 0. The average molecular weight is 535 g/mol. The third kappa shape index (κ3) is 22.9. The lowest BCUT2D eigenvalue weighted by Crippen LogP contribution is -2.12. The van der Waals surface area contributed by atoms with Gasteiger partial charge >= 0.3 is 0 Å². The Balaban J connectivity index is -0.000000133. The van der Waals surface area contributed by atoms with Gasteiger partial charge in [0.25, 0.3) is 0 Å². The molecule has 2 atom stereocenters. The summed E-state index contributed by atoms with van der Waals surface area (Å²) in [6, 6.07) is 8.72. The number of rotatable bonds is 8. The van der Waals surface area contributed by atoms with Gasteiger partial charge in [-0.3, -0.25) is 0 Å². The molecule has 0 aliphatic heterocycles. The topological polar surface area (TPSA) is 0 Å². The van der Waals surface area contributed by atoms with Gasteiger partial charge in [0.2, 0.25) is 0 Å². The summed E-state index contributed by atoms with van der Waals surface area (Å²) in [6.07, 6.45) is 1.38. The zero-order chi connectivity index (χ0) is 30.5. The van der Waals surface area contributed by atoms with Gasteiger partial charge in [0, 0.05) is 0 Å². The Morgan fingerprint density at radius 1 is 0.500 bits per heavy atom. The second kappa shape index (κ2) is 27.5. The first-order valence-corrected chi connectivity index (χ1v) is 15.8. The van der Waals surface area contributed by atoms with Gasteiger partial charge in [0.15, 0.2) is 0 Å². The molecule has 1 rings (SSSR count). The van der Waals surface area contributed by atoms with E-state index in [0.717, 1.165) is 23.7 Å². The van der Waals surface area contributed by atoms with Crippen molar-refractivity contribution in [1.82, 2.24) is 0 Å². The van der Waals surface area contributed by atoms with E-state index in [1.807, 2.05) is 27.7 Å². The molecular weight excluding hydrogens is 456 g/mol. The molecule has 0 fully saturated rings. The Morgan fingerprint density at radius 2 is 0.737 bits per heavy atom. The van der Waals surface area contributed by atoms with Gasteiger partial charge in [-0.2, -0.15) is 0 Å². The van der Waals surface area contributed by atoms with Crippen LogP contribution in [0.25, 0.3) is 0 Å². The van der Waals surface area contributed by atoms with Crippen LogP contribution in [0.3, 0.4) is 0 Å². The van der Waals surface area contributed by atoms with Crippen LogP contribution < -0.4 is 0 Å². The molecule has 0 saturated carbocycles. The van der Waals surface area contributed by atoms with Gasteiger partial charge in [-0.05, 0) is 78.7 Å². The van der Waals surface area contributed by atoms with Crippen LogP contribution >= 0.6 is 0 Å². The Labute approximate surface area is 245 Å². The largest absolute Gasteiger partial charge is 0.0776 e. The van der Waals surface area contributed by atoms with E-state index in [1.54, 1.807) is 11.1 Å². The quantitative estimate of drug-likeness (QED) is 0.291. The van der Waals surface area contributed by atoms with Gasteiger partial charge in [0.1, 0.15) is 0 Å². The van der Waals surface area contributed by atoms with Crippen molar-refractivity contribution in [3.05, 3.63) is 46.5 Å². The van der Waals surface area contributed by atoms with Gasteiger partial charge in [-0.15, -0.1) is 0 Å². The molecule has 0 nitrogen and oxygen atoms in total. The highest BCUT2D eigenvalue weighted by Gasteiger charge is 2.14. The maximum Gasteiger partial charge on any atom is -0.0216 e. The molecule has 1 aromatic rings. The van der Waals surface area contributed by atoms with Crippen LogP contribution in [0.1, 0.15) is 175 Å². The first-order chi connectivity index (χ1) is 17.0. The monoisotopic (exact) mass is 535 g/mol. The highest BCUT2D eigenvalue weighted by molar-refractivity contribution is 5.31. The van der Waals surface area contributed by atoms with E-state index >= 15 is 0 Å². The van der Waals surface area contributed by atoms with E-state index in [4.69, 9.17) is 0 Å². The first-order valence-electron chi connectivity index (χ1n) is 15.8. The molecule has 0 radical (unpaired) electrons. The van der Waals surface area contributed by atoms with Crippen molar-refractivity contribution in [2.45, 2.75) is 164 Å². The van der Waals surface area contributed by atoms with Gasteiger partial charge < -0.3 is 0 Å². The van der Waals surface area contributed by atoms with Crippen molar-refractivity contribution in [3.8, 4) is 0 Å². The molecule has 38 heavy (non-hydrogen) atoms. The van der Waals surface area contributed by atoms with E-state index in [1.165, 1.54) is 17.5 Å². The van der Waals surface area contributed by atoms with Gasteiger partial charge in [-0.1, -0.05) is 167 Å². The maximum atomic E-state index is 2.36. The maximum absolute atomic E-state index is 2.36. The Kier molecular flexibility index (Phi) is 33.9. The standard InChI is InChI=1S/C12H18.C11H24.C10H20.2C2H6.CH4/c1-9(2)11-7-5-6-8-12(11)10(3)4;1-8(2)10(5)7-11(6)9(3)4;1-7(2)9(5)10(6)8(3)4;2*1-2;/h5-10H,1-4H3;8-11H,7H2,1-6H3;7-8H,1-6H3;2*1-2H3;1H4/b;;10-9-;;;. The third-order valence-electron chi connectivity index (χ3n) is 7.61. The summed E-state index contributed by atoms with van der Waals surface area (Å²) in [4.78, 5) is 0. The molecule has 0 bridgehead atoms. The Morgan fingerprint density at radius 3 is 0.895 bits per heavy atom. The molecule has 1 aromatic carbocycles. The lowest BCUT2D eigenvalue weighted by atomic mass is 9.84. The van der Waals surface area contributed by atoms with Crippen molar-refractivity contribution < 1.29 is 0 Å². The number of hydrogen-bond donors (Lipinski definition) is 0. The molecule has 0 spiro atoms. The van der Waals surface area contributed by atoms with E-state index in [9.17, 15) is 0 Å². The second-order valence-electron chi connectivity index (χ2n) is 12.3. The highest BCUT2D eigenvalue weighted by Crippen LogP contribution is 2.25. The fourth-order valence-electron chi connectivity index (χ4n) is 3.60. The summed E-state index contributed by atoms with van der Waals surface area (Å²) < 4.78 is 0. The van der Waals surface area contributed by atoms with E-state index in [-0.39, 0.29) is 7.43 Å². The molecule has 0 aromatic heterocycles. The molecular formula is C38H78. The third-order valence-corrected chi connectivity index (χ3v) is 7.61. The minimum Gasteiger partial charge on any atom is -0.0776 e. The molecule has 0 saturated heterocycles. The van der Waals surface area contributed by atoms with Crippen LogP contribution in [-0.2, 0) is 0 Å². The van der Waals surface area contributed by atoms with Crippen molar-refractivity contribution in [3.63, 3.8) is 0 Å². The minimum atomic E-state index is 0. The zero-order valence-electron chi connectivity index (χ0n) is 29.6. The van der Waals surface area contributed by atoms with Crippen LogP contribution in [0, 0.1) is 35.5 Å². The van der Waals surface area contributed by atoms with Crippen LogP contribution in [-0.4, -0.2) is 0 Å². The van der Waals surface area contributed by atoms with Gasteiger partial charge in [-0.25, -0.2) is 0 Å². The zero-order valence-corrected chi connectivity index (χ0v) is 29.6. The van der Waals surface area contributed by atoms with E-state index < -0.39 is 0 Å². The molecule has 0 heterocycles. The summed E-state index contributed by atoms with van der Waals surface area (Å²) in [5.41, 5.74) is 6.09. The van der Waals surface area contributed by atoms with Crippen LogP contribution in [0.2, 0.25) is 0 Å². The molecule has 2 unspecified atom stereocenters.